The molecule has 5 rings (SSSR count). The lowest BCUT2D eigenvalue weighted by molar-refractivity contribution is 0.313. The molecule has 166 valence electrons. The highest BCUT2D eigenvalue weighted by molar-refractivity contribution is 5.70. The molecule has 0 bridgehead atoms. The van der Waals surface area contributed by atoms with Crippen molar-refractivity contribution in [2.45, 2.75) is 12.8 Å². The number of nitrogens with zero attached hydrogens (tertiary/aromatic N) is 6. The third-order valence-electron chi connectivity index (χ3n) is 6.13. The Bertz CT molecular complexity index is 1280. The van der Waals surface area contributed by atoms with Crippen LogP contribution in [0.15, 0.2) is 67.0 Å². The first-order valence-corrected chi connectivity index (χ1v) is 11.3. The van der Waals surface area contributed by atoms with Crippen LogP contribution in [0.5, 0.6) is 0 Å². The Labute approximate surface area is 193 Å². The summed E-state index contributed by atoms with van der Waals surface area (Å²) in [4.78, 5) is 9.27. The fraction of sp³-hybridized carbons (Fsp3) is 0.269. The Kier molecular flexibility index (Phi) is 5.92. The lowest BCUT2D eigenvalue weighted by atomic mass is 10.0. The third kappa shape index (κ3) is 4.81. The SMILES string of the molecule is CN1CCN(c2ccc(Nc3ncc4cc(-c5cccc(CCC#N)c5)cn4n3)cc2)CC1. The van der Waals surface area contributed by atoms with Crippen LogP contribution in [0, 0.1) is 11.3 Å². The van der Waals surface area contributed by atoms with Gasteiger partial charge in [-0.15, -0.1) is 5.10 Å². The highest BCUT2D eigenvalue weighted by Crippen LogP contribution is 2.25. The van der Waals surface area contributed by atoms with E-state index in [2.05, 4.69) is 86.8 Å². The number of aromatic nitrogens is 3. The number of fused-ring (bicyclic) bond motifs is 1. The average molecular weight is 438 g/mol. The molecule has 0 unspecified atom stereocenters. The van der Waals surface area contributed by atoms with Crippen molar-refractivity contribution in [2.24, 2.45) is 0 Å². The maximum atomic E-state index is 8.84. The lowest BCUT2D eigenvalue weighted by Gasteiger charge is -2.34. The zero-order valence-electron chi connectivity index (χ0n) is 18.8. The normalized spacial score (nSPS) is 14.4. The van der Waals surface area contributed by atoms with E-state index in [1.807, 2.05) is 23.0 Å². The first-order chi connectivity index (χ1) is 16.2. The van der Waals surface area contributed by atoms with Crippen LogP contribution in [-0.2, 0) is 6.42 Å². The molecule has 2 aromatic heterocycles. The molecule has 1 aliphatic heterocycles. The van der Waals surface area contributed by atoms with Gasteiger partial charge in [-0.05, 0) is 54.9 Å². The first-order valence-electron chi connectivity index (χ1n) is 11.3. The first kappa shape index (κ1) is 21.0. The highest BCUT2D eigenvalue weighted by Gasteiger charge is 2.14. The molecular weight excluding hydrogens is 410 g/mol. The smallest absolute Gasteiger partial charge is 0.245 e. The highest BCUT2D eigenvalue weighted by atomic mass is 15.3. The van der Waals surface area contributed by atoms with Gasteiger partial charge in [0, 0.05) is 55.7 Å². The molecule has 33 heavy (non-hydrogen) atoms. The molecule has 2 aromatic carbocycles. The second-order valence-corrected chi connectivity index (χ2v) is 8.50. The van der Waals surface area contributed by atoms with Gasteiger partial charge in [0.1, 0.15) is 0 Å². The van der Waals surface area contributed by atoms with E-state index in [9.17, 15) is 0 Å². The van der Waals surface area contributed by atoms with Gasteiger partial charge in [0.05, 0.1) is 17.8 Å². The van der Waals surface area contributed by atoms with Gasteiger partial charge in [0.15, 0.2) is 0 Å². The summed E-state index contributed by atoms with van der Waals surface area (Å²) < 4.78 is 1.85. The van der Waals surface area contributed by atoms with Gasteiger partial charge in [-0.25, -0.2) is 9.50 Å². The van der Waals surface area contributed by atoms with Crippen molar-refractivity contribution in [3.05, 3.63) is 72.6 Å². The maximum absolute atomic E-state index is 8.84. The lowest BCUT2D eigenvalue weighted by Crippen LogP contribution is -2.44. The number of hydrogen-bond donors (Lipinski definition) is 1. The van der Waals surface area contributed by atoms with Gasteiger partial charge in [0.2, 0.25) is 5.95 Å². The number of likely N-dealkylation sites (N-methyl/N-ethyl adjacent to an activating group) is 1. The van der Waals surface area contributed by atoms with E-state index in [1.165, 1.54) is 5.69 Å². The fourth-order valence-corrected chi connectivity index (χ4v) is 4.18. The van der Waals surface area contributed by atoms with E-state index < -0.39 is 0 Å². The van der Waals surface area contributed by atoms with Crippen LogP contribution < -0.4 is 10.2 Å². The molecule has 3 heterocycles. The van der Waals surface area contributed by atoms with E-state index >= 15 is 0 Å². The number of aryl methyl sites for hydroxylation is 1. The van der Waals surface area contributed by atoms with Gasteiger partial charge < -0.3 is 15.1 Å². The number of nitrogens with one attached hydrogen (secondary N) is 1. The van der Waals surface area contributed by atoms with Crippen molar-refractivity contribution < 1.29 is 0 Å². The number of anilines is 3. The molecule has 1 saturated heterocycles. The summed E-state index contributed by atoms with van der Waals surface area (Å²) >= 11 is 0. The quantitative estimate of drug-likeness (QED) is 0.484. The summed E-state index contributed by atoms with van der Waals surface area (Å²) in [7, 11) is 2.17. The number of hydrogen-bond acceptors (Lipinski definition) is 6. The molecule has 4 aromatic rings. The molecule has 0 radical (unpaired) electrons. The van der Waals surface area contributed by atoms with Crippen LogP contribution in [0.1, 0.15) is 12.0 Å². The van der Waals surface area contributed by atoms with Crippen LogP contribution in [0.3, 0.4) is 0 Å². The minimum atomic E-state index is 0.526. The summed E-state index contributed by atoms with van der Waals surface area (Å²) in [6.07, 6.45) is 5.14. The van der Waals surface area contributed by atoms with Crippen molar-refractivity contribution >= 4 is 22.8 Å². The van der Waals surface area contributed by atoms with Crippen molar-refractivity contribution in [1.82, 2.24) is 19.5 Å². The predicted octanol–water partition coefficient (Wildman–Crippen LogP) is 4.35. The molecule has 0 aliphatic carbocycles. The molecule has 7 nitrogen and oxygen atoms in total. The molecular formula is C26H27N7. The average Bonchev–Trinajstić information content (AvgIpc) is 3.28. The summed E-state index contributed by atoms with van der Waals surface area (Å²) in [5.74, 6) is 0.555. The van der Waals surface area contributed by atoms with E-state index in [4.69, 9.17) is 5.26 Å². The molecule has 0 saturated carbocycles. The number of piperazine rings is 1. The van der Waals surface area contributed by atoms with Crippen molar-refractivity contribution in [3.63, 3.8) is 0 Å². The standard InChI is InChI=1S/C26H27N7/c1-31-12-14-32(15-13-31)24-9-7-23(8-10-24)29-26-28-18-25-17-22(19-33(25)30-26)21-6-2-4-20(16-21)5-3-11-27/h2,4,6-10,16-19H,3,5,12-15H2,1H3,(H,29,30). The number of nitriles is 1. The van der Waals surface area contributed by atoms with Crippen LogP contribution in [0.25, 0.3) is 16.6 Å². The zero-order valence-corrected chi connectivity index (χ0v) is 18.8. The van der Waals surface area contributed by atoms with Gasteiger partial charge in [0.25, 0.3) is 0 Å². The van der Waals surface area contributed by atoms with Crippen LogP contribution in [-0.4, -0.2) is 52.7 Å². The monoisotopic (exact) mass is 437 g/mol. The zero-order chi connectivity index (χ0) is 22.6. The molecule has 1 aliphatic rings. The second kappa shape index (κ2) is 9.31. The van der Waals surface area contributed by atoms with Gasteiger partial charge in [-0.2, -0.15) is 5.26 Å². The van der Waals surface area contributed by atoms with E-state index in [0.29, 0.717) is 12.4 Å². The minimum absolute atomic E-state index is 0.526. The topological polar surface area (TPSA) is 72.5 Å². The Balaban J connectivity index is 1.30. The summed E-state index contributed by atoms with van der Waals surface area (Å²) in [6.45, 7) is 4.30. The molecule has 1 N–H and O–H groups in total. The second-order valence-electron chi connectivity index (χ2n) is 8.50. The molecule has 0 atom stereocenters. The minimum Gasteiger partial charge on any atom is -0.369 e. The number of benzene rings is 2. The Morgan fingerprint density at radius 2 is 1.82 bits per heavy atom. The van der Waals surface area contributed by atoms with Gasteiger partial charge >= 0.3 is 0 Å². The van der Waals surface area contributed by atoms with Gasteiger partial charge in [-0.1, -0.05) is 24.3 Å². The summed E-state index contributed by atoms with van der Waals surface area (Å²) in [5.41, 5.74) is 6.50. The fourth-order valence-electron chi connectivity index (χ4n) is 4.18. The molecule has 7 heteroatoms. The Morgan fingerprint density at radius 3 is 2.61 bits per heavy atom. The van der Waals surface area contributed by atoms with Crippen LogP contribution in [0.2, 0.25) is 0 Å². The van der Waals surface area contributed by atoms with Crippen LogP contribution >= 0.6 is 0 Å². The van der Waals surface area contributed by atoms with E-state index in [0.717, 1.165) is 60.5 Å². The van der Waals surface area contributed by atoms with Gasteiger partial charge in [-0.3, -0.25) is 0 Å². The molecule has 0 amide bonds. The largest absolute Gasteiger partial charge is 0.369 e. The van der Waals surface area contributed by atoms with E-state index in [-0.39, 0.29) is 0 Å². The Morgan fingerprint density at radius 1 is 1.00 bits per heavy atom. The molecule has 0 spiro atoms. The van der Waals surface area contributed by atoms with E-state index in [1.54, 1.807) is 0 Å². The third-order valence-corrected chi connectivity index (χ3v) is 6.13. The number of rotatable bonds is 6. The Hall–Kier alpha value is -3.89. The predicted molar refractivity (Wildman–Crippen MR) is 132 cm³/mol. The van der Waals surface area contributed by atoms with Crippen molar-refractivity contribution in [2.75, 3.05) is 43.4 Å². The van der Waals surface area contributed by atoms with Crippen LogP contribution in [0.4, 0.5) is 17.3 Å². The maximum Gasteiger partial charge on any atom is 0.245 e. The molecule has 1 fully saturated rings. The summed E-state index contributed by atoms with van der Waals surface area (Å²) in [6, 6.07) is 21.1. The summed E-state index contributed by atoms with van der Waals surface area (Å²) in [5, 5.41) is 16.8. The van der Waals surface area contributed by atoms with Crippen molar-refractivity contribution in [3.8, 4) is 17.2 Å². The van der Waals surface area contributed by atoms with Crippen molar-refractivity contribution in [1.29, 1.82) is 5.26 Å².